The van der Waals surface area contributed by atoms with Crippen molar-refractivity contribution in [2.45, 2.75) is 0 Å². The van der Waals surface area contributed by atoms with Crippen molar-refractivity contribution in [3.63, 3.8) is 0 Å². The molecule has 3 aromatic heterocycles. The van der Waals surface area contributed by atoms with Crippen molar-refractivity contribution < 1.29 is 14.0 Å². The van der Waals surface area contributed by atoms with Crippen molar-refractivity contribution >= 4 is 40.1 Å². The average molecular weight is 392 g/mol. The van der Waals surface area contributed by atoms with E-state index in [1.165, 1.54) is 6.08 Å². The first kappa shape index (κ1) is 17.7. The van der Waals surface area contributed by atoms with Crippen molar-refractivity contribution in [3.8, 4) is 11.1 Å². The lowest BCUT2D eigenvalue weighted by molar-refractivity contribution is -0.113. The summed E-state index contributed by atoms with van der Waals surface area (Å²) < 4.78 is 13.1. The van der Waals surface area contributed by atoms with Crippen LogP contribution in [0.2, 0.25) is 0 Å². The minimum Gasteiger partial charge on any atom is -0.366 e. The third-order valence-corrected chi connectivity index (χ3v) is 4.93. The molecular weight excluding hydrogens is 379 g/mol. The summed E-state index contributed by atoms with van der Waals surface area (Å²) in [4.78, 5) is 34.5. The minimum atomic E-state index is -0.529. The maximum absolute atomic E-state index is 13.1. The van der Waals surface area contributed by atoms with E-state index >= 15 is 0 Å². The van der Waals surface area contributed by atoms with Crippen LogP contribution in [0.4, 0.5) is 4.39 Å². The van der Waals surface area contributed by atoms with Crippen LogP contribution in [0, 0.1) is 5.13 Å². The third-order valence-electron chi connectivity index (χ3n) is 4.14. The van der Waals surface area contributed by atoms with Crippen LogP contribution in [0.1, 0.15) is 20.9 Å². The predicted octanol–water partition coefficient (Wildman–Crippen LogP) is 3.56. The number of carbonyl (C=O) groups excluding carboxylic acids is 2. The fraction of sp³-hybridized carbons (Fsp3) is 0. The molecule has 6 nitrogen and oxygen atoms in total. The van der Waals surface area contributed by atoms with Crippen molar-refractivity contribution in [1.29, 1.82) is 0 Å². The van der Waals surface area contributed by atoms with Gasteiger partial charge in [0, 0.05) is 40.5 Å². The molecule has 3 N–H and O–H groups in total. The number of nitrogens with zero attached hydrogens (tertiary/aromatic N) is 2. The van der Waals surface area contributed by atoms with Crippen LogP contribution >= 0.6 is 11.3 Å². The Morgan fingerprint density at radius 3 is 2.57 bits per heavy atom. The molecule has 0 spiro atoms. The summed E-state index contributed by atoms with van der Waals surface area (Å²) in [5.41, 5.74) is 8.77. The van der Waals surface area contributed by atoms with Crippen molar-refractivity contribution in [2.24, 2.45) is 5.73 Å². The monoisotopic (exact) mass is 392 g/mol. The van der Waals surface area contributed by atoms with E-state index in [0.717, 1.165) is 39.6 Å². The number of aromatic amines is 1. The SMILES string of the molecule is NC(=O)/C=C/c1c[nH]c2ncc(-c3ccc(C(=O)c4ncc(F)s4)cc3)cc12. The Bertz CT molecular complexity index is 1220. The summed E-state index contributed by atoms with van der Waals surface area (Å²) in [5.74, 6) is -0.850. The van der Waals surface area contributed by atoms with Gasteiger partial charge in [0.25, 0.3) is 0 Å². The largest absolute Gasteiger partial charge is 0.366 e. The Kier molecular flexibility index (Phi) is 4.54. The molecule has 138 valence electrons. The molecule has 0 atom stereocenters. The van der Waals surface area contributed by atoms with Gasteiger partial charge in [0.15, 0.2) is 10.1 Å². The number of fused-ring (bicyclic) bond motifs is 1. The first-order chi connectivity index (χ1) is 13.5. The minimum absolute atomic E-state index is 0.117. The van der Waals surface area contributed by atoms with Gasteiger partial charge >= 0.3 is 0 Å². The lowest BCUT2D eigenvalue weighted by atomic mass is 10.0. The molecule has 0 fully saturated rings. The highest BCUT2D eigenvalue weighted by Crippen LogP contribution is 2.26. The summed E-state index contributed by atoms with van der Waals surface area (Å²) in [6.07, 6.45) is 7.41. The number of pyridine rings is 1. The molecule has 0 bridgehead atoms. The van der Waals surface area contributed by atoms with E-state index < -0.39 is 11.0 Å². The van der Waals surface area contributed by atoms with Gasteiger partial charge in [-0.25, -0.2) is 9.97 Å². The summed E-state index contributed by atoms with van der Waals surface area (Å²) in [6, 6.07) is 8.88. The second-order valence-electron chi connectivity index (χ2n) is 5.98. The number of hydrogen-bond acceptors (Lipinski definition) is 5. The number of nitrogens with two attached hydrogens (primary N) is 1. The number of nitrogens with one attached hydrogen (secondary N) is 1. The molecule has 0 saturated heterocycles. The van der Waals surface area contributed by atoms with Crippen molar-refractivity contribution in [1.82, 2.24) is 15.0 Å². The standard InChI is InChI=1S/C20H13FN4O2S/c21-16-10-25-20(28-16)18(27)12-3-1-11(2-4-12)14-7-15-13(5-6-17(22)26)8-23-19(15)24-9-14/h1-10H,(H2,22,26)(H,23,24)/b6-5+. The smallest absolute Gasteiger partial charge is 0.241 e. The van der Waals surface area contributed by atoms with E-state index in [-0.39, 0.29) is 10.8 Å². The first-order valence-electron chi connectivity index (χ1n) is 8.22. The number of thiazole rings is 1. The maximum atomic E-state index is 13.1. The Balaban J connectivity index is 1.65. The number of aromatic nitrogens is 3. The zero-order valence-electron chi connectivity index (χ0n) is 14.3. The number of H-pyrrole nitrogens is 1. The number of ketones is 1. The number of carbonyl (C=O) groups is 2. The summed E-state index contributed by atoms with van der Waals surface area (Å²) in [7, 11) is 0. The molecule has 4 aromatic rings. The second-order valence-corrected chi connectivity index (χ2v) is 6.96. The van der Waals surface area contributed by atoms with E-state index in [0.29, 0.717) is 11.2 Å². The first-order valence-corrected chi connectivity index (χ1v) is 9.04. The summed E-state index contributed by atoms with van der Waals surface area (Å²) in [6.45, 7) is 0. The van der Waals surface area contributed by atoms with E-state index in [2.05, 4.69) is 15.0 Å². The summed E-state index contributed by atoms with van der Waals surface area (Å²) >= 11 is 0.722. The lowest BCUT2D eigenvalue weighted by Crippen LogP contribution is -2.04. The second kappa shape index (κ2) is 7.16. The van der Waals surface area contributed by atoms with Crippen LogP contribution in [-0.4, -0.2) is 26.6 Å². The highest BCUT2D eigenvalue weighted by Gasteiger charge is 2.14. The van der Waals surface area contributed by atoms with Crippen LogP contribution in [0.15, 0.2) is 55.0 Å². The normalized spacial score (nSPS) is 11.3. The van der Waals surface area contributed by atoms with Gasteiger partial charge in [0.2, 0.25) is 11.7 Å². The number of halogens is 1. The number of benzene rings is 1. The molecule has 0 radical (unpaired) electrons. The van der Waals surface area contributed by atoms with Crippen LogP contribution in [0.25, 0.3) is 28.2 Å². The van der Waals surface area contributed by atoms with E-state index in [9.17, 15) is 14.0 Å². The molecule has 1 aromatic carbocycles. The molecule has 0 aliphatic heterocycles. The molecule has 4 rings (SSSR count). The Hall–Kier alpha value is -3.65. The zero-order chi connectivity index (χ0) is 19.7. The number of amides is 1. The Labute approximate surface area is 162 Å². The van der Waals surface area contributed by atoms with Crippen LogP contribution in [0.3, 0.4) is 0 Å². The Morgan fingerprint density at radius 2 is 1.89 bits per heavy atom. The Morgan fingerprint density at radius 1 is 1.11 bits per heavy atom. The third kappa shape index (κ3) is 3.45. The molecule has 0 aliphatic carbocycles. The molecule has 0 saturated carbocycles. The lowest BCUT2D eigenvalue weighted by Gasteiger charge is -2.04. The fourth-order valence-electron chi connectivity index (χ4n) is 2.79. The van der Waals surface area contributed by atoms with E-state index in [1.807, 2.05) is 6.07 Å². The van der Waals surface area contributed by atoms with Gasteiger partial charge in [-0.2, -0.15) is 4.39 Å². The topological polar surface area (TPSA) is 102 Å². The molecule has 28 heavy (non-hydrogen) atoms. The highest BCUT2D eigenvalue weighted by molar-refractivity contribution is 7.12. The summed E-state index contributed by atoms with van der Waals surface area (Å²) in [5, 5.41) is 0.465. The fourth-order valence-corrected chi connectivity index (χ4v) is 3.39. The van der Waals surface area contributed by atoms with Crippen LogP contribution in [-0.2, 0) is 4.79 Å². The molecular formula is C20H13FN4O2S. The molecule has 0 unspecified atom stereocenters. The maximum Gasteiger partial charge on any atom is 0.241 e. The van der Waals surface area contributed by atoms with Gasteiger partial charge in [-0.15, -0.1) is 0 Å². The van der Waals surface area contributed by atoms with Crippen LogP contribution in [0.5, 0.6) is 0 Å². The van der Waals surface area contributed by atoms with Gasteiger partial charge in [-0.1, -0.05) is 35.6 Å². The van der Waals surface area contributed by atoms with Gasteiger partial charge in [0.1, 0.15) is 5.65 Å². The van der Waals surface area contributed by atoms with Gasteiger partial charge in [0.05, 0.1) is 6.20 Å². The molecule has 3 heterocycles. The van der Waals surface area contributed by atoms with Crippen LogP contribution < -0.4 is 5.73 Å². The average Bonchev–Trinajstić information content (AvgIpc) is 3.31. The molecule has 0 aliphatic rings. The van der Waals surface area contributed by atoms with Gasteiger partial charge in [-0.3, -0.25) is 9.59 Å². The molecule has 8 heteroatoms. The quantitative estimate of drug-likeness (QED) is 0.400. The number of primary amides is 1. The van der Waals surface area contributed by atoms with Crippen molar-refractivity contribution in [3.05, 3.63) is 76.3 Å². The zero-order valence-corrected chi connectivity index (χ0v) is 15.2. The van der Waals surface area contributed by atoms with Gasteiger partial charge in [-0.05, 0) is 17.7 Å². The number of hydrogen-bond donors (Lipinski definition) is 2. The highest BCUT2D eigenvalue weighted by atomic mass is 32.1. The van der Waals surface area contributed by atoms with Crippen molar-refractivity contribution in [2.75, 3.05) is 0 Å². The van der Waals surface area contributed by atoms with E-state index in [1.54, 1.807) is 42.7 Å². The van der Waals surface area contributed by atoms with Gasteiger partial charge < -0.3 is 10.7 Å². The predicted molar refractivity (Wildman–Crippen MR) is 105 cm³/mol. The molecule has 1 amide bonds. The number of rotatable bonds is 5. The van der Waals surface area contributed by atoms with E-state index in [4.69, 9.17) is 5.73 Å².